The lowest BCUT2D eigenvalue weighted by atomic mass is 10.3. The fourth-order valence-corrected chi connectivity index (χ4v) is 1.70. The highest BCUT2D eigenvalue weighted by molar-refractivity contribution is 7.80. The monoisotopic (exact) mass is 274 g/mol. The Morgan fingerprint density at radius 1 is 1.37 bits per heavy atom. The summed E-state index contributed by atoms with van der Waals surface area (Å²) >= 11 is 4.91. The maximum Gasteiger partial charge on any atom is 0.230 e. The number of thiocarbonyl (C=S) groups is 1. The van der Waals surface area contributed by atoms with Crippen molar-refractivity contribution < 1.29 is 4.74 Å². The van der Waals surface area contributed by atoms with Gasteiger partial charge in [-0.15, -0.1) is 0 Å². The van der Waals surface area contributed by atoms with Crippen molar-refractivity contribution in [3.63, 3.8) is 0 Å². The summed E-state index contributed by atoms with van der Waals surface area (Å²) in [4.78, 5) is 10.6. The topological polar surface area (TPSA) is 64.3 Å². The van der Waals surface area contributed by atoms with E-state index in [0.29, 0.717) is 11.6 Å². The molecule has 0 radical (unpaired) electrons. The summed E-state index contributed by atoms with van der Waals surface area (Å²) in [6, 6.07) is 9.31. The molecule has 6 heteroatoms. The number of rotatable bonds is 4. The second-order valence-electron chi connectivity index (χ2n) is 3.87. The Balaban J connectivity index is 2.35. The van der Waals surface area contributed by atoms with Crippen LogP contribution in [-0.4, -0.2) is 29.1 Å². The molecular weight excluding hydrogens is 260 g/mol. The highest BCUT2D eigenvalue weighted by Gasteiger charge is 2.09. The van der Waals surface area contributed by atoms with Crippen LogP contribution in [0.4, 0.5) is 11.6 Å². The van der Waals surface area contributed by atoms with Crippen LogP contribution in [0.3, 0.4) is 0 Å². The van der Waals surface area contributed by atoms with E-state index in [1.165, 1.54) is 0 Å². The second-order valence-corrected chi connectivity index (χ2v) is 4.31. The number of nitrogens with zero attached hydrogens (tertiary/aromatic N) is 3. The van der Waals surface area contributed by atoms with Crippen molar-refractivity contribution in [3.05, 3.63) is 42.2 Å². The van der Waals surface area contributed by atoms with Crippen molar-refractivity contribution in [2.45, 2.75) is 0 Å². The van der Waals surface area contributed by atoms with Crippen LogP contribution in [0.25, 0.3) is 0 Å². The van der Waals surface area contributed by atoms with Crippen LogP contribution in [-0.2, 0) is 0 Å². The molecule has 0 atom stereocenters. The van der Waals surface area contributed by atoms with Crippen LogP contribution in [0, 0.1) is 0 Å². The highest BCUT2D eigenvalue weighted by atomic mass is 32.1. The van der Waals surface area contributed by atoms with Gasteiger partial charge in [0.25, 0.3) is 0 Å². The molecule has 1 aromatic heterocycles. The molecule has 0 saturated carbocycles. The van der Waals surface area contributed by atoms with E-state index < -0.39 is 0 Å². The molecule has 2 aromatic rings. The van der Waals surface area contributed by atoms with E-state index in [1.54, 1.807) is 19.4 Å². The lowest BCUT2D eigenvalue weighted by molar-refractivity contribution is 0.415. The molecule has 0 aliphatic rings. The van der Waals surface area contributed by atoms with Gasteiger partial charge in [-0.2, -0.15) is 0 Å². The molecule has 2 N–H and O–H groups in total. The summed E-state index contributed by atoms with van der Waals surface area (Å²) in [5.74, 6) is 1.30. The Morgan fingerprint density at radius 3 is 2.84 bits per heavy atom. The van der Waals surface area contributed by atoms with E-state index in [2.05, 4.69) is 9.97 Å². The molecule has 0 unspecified atom stereocenters. The van der Waals surface area contributed by atoms with Crippen molar-refractivity contribution in [3.8, 4) is 5.75 Å². The molecule has 0 saturated heterocycles. The standard InChI is InChI=1S/C13H14N4OS/c1-17(9-4-3-5-10(8-9)18-2)13-15-7-6-11(16-13)12(14)19/h3-8H,1-2H3,(H2,14,19). The van der Waals surface area contributed by atoms with Gasteiger partial charge in [0.05, 0.1) is 7.11 Å². The summed E-state index contributed by atoms with van der Waals surface area (Å²) in [5, 5.41) is 0. The second kappa shape index (κ2) is 5.62. The van der Waals surface area contributed by atoms with Crippen LogP contribution in [0.2, 0.25) is 0 Å². The van der Waals surface area contributed by atoms with Gasteiger partial charge >= 0.3 is 0 Å². The minimum absolute atomic E-state index is 0.252. The SMILES string of the molecule is COc1cccc(N(C)c2nccc(C(N)=S)n2)c1. The van der Waals surface area contributed by atoms with Crippen molar-refractivity contribution in [2.75, 3.05) is 19.1 Å². The van der Waals surface area contributed by atoms with Crippen LogP contribution in [0.1, 0.15) is 5.69 Å². The van der Waals surface area contributed by atoms with Crippen molar-refractivity contribution >= 4 is 28.8 Å². The third-order valence-corrected chi connectivity index (χ3v) is 2.85. The molecule has 0 aliphatic heterocycles. The van der Waals surface area contributed by atoms with Gasteiger partial charge in [0.1, 0.15) is 16.4 Å². The average Bonchev–Trinajstić information content (AvgIpc) is 2.46. The predicted octanol–water partition coefficient (Wildman–Crippen LogP) is 1.89. The molecule has 98 valence electrons. The fourth-order valence-electron chi connectivity index (χ4n) is 1.58. The first-order chi connectivity index (χ1) is 9.11. The Bertz CT molecular complexity index is 603. The van der Waals surface area contributed by atoms with Crippen molar-refractivity contribution in [2.24, 2.45) is 5.73 Å². The Labute approximate surface area is 117 Å². The van der Waals surface area contributed by atoms with Gasteiger partial charge in [-0.1, -0.05) is 18.3 Å². The first-order valence-electron chi connectivity index (χ1n) is 5.62. The molecule has 0 spiro atoms. The number of methoxy groups -OCH3 is 1. The molecule has 19 heavy (non-hydrogen) atoms. The van der Waals surface area contributed by atoms with Gasteiger partial charge in [0.15, 0.2) is 0 Å². The molecule has 1 aromatic carbocycles. The smallest absolute Gasteiger partial charge is 0.230 e. The number of nitrogens with two attached hydrogens (primary N) is 1. The van der Waals surface area contributed by atoms with E-state index in [0.717, 1.165) is 11.4 Å². The minimum atomic E-state index is 0.252. The molecule has 5 nitrogen and oxygen atoms in total. The number of hydrogen-bond acceptors (Lipinski definition) is 5. The number of aromatic nitrogens is 2. The zero-order chi connectivity index (χ0) is 13.8. The molecule has 0 amide bonds. The molecule has 0 aliphatic carbocycles. The third kappa shape index (κ3) is 2.97. The Hall–Kier alpha value is -2.21. The molecule has 1 heterocycles. The van der Waals surface area contributed by atoms with E-state index in [1.807, 2.05) is 36.2 Å². The summed E-state index contributed by atoms with van der Waals surface area (Å²) in [7, 11) is 3.50. The Morgan fingerprint density at radius 2 is 2.16 bits per heavy atom. The number of anilines is 2. The first kappa shape index (κ1) is 13.2. The summed E-state index contributed by atoms with van der Waals surface area (Å²) in [6.45, 7) is 0. The van der Waals surface area contributed by atoms with Crippen LogP contribution in [0.15, 0.2) is 36.5 Å². The minimum Gasteiger partial charge on any atom is -0.497 e. The average molecular weight is 274 g/mol. The van der Waals surface area contributed by atoms with Crippen LogP contribution in [0.5, 0.6) is 5.75 Å². The molecule has 0 bridgehead atoms. The lowest BCUT2D eigenvalue weighted by Gasteiger charge is -2.18. The first-order valence-corrected chi connectivity index (χ1v) is 6.03. The third-order valence-electron chi connectivity index (χ3n) is 2.64. The fraction of sp³-hybridized carbons (Fsp3) is 0.154. The summed E-state index contributed by atoms with van der Waals surface area (Å²) < 4.78 is 5.19. The van der Waals surface area contributed by atoms with Gasteiger partial charge in [-0.05, 0) is 18.2 Å². The highest BCUT2D eigenvalue weighted by Crippen LogP contribution is 2.24. The lowest BCUT2D eigenvalue weighted by Crippen LogP contribution is -2.17. The largest absolute Gasteiger partial charge is 0.497 e. The summed E-state index contributed by atoms with van der Waals surface area (Å²) in [5.41, 5.74) is 7.04. The Kier molecular flexibility index (Phi) is 3.91. The quantitative estimate of drug-likeness (QED) is 0.859. The van der Waals surface area contributed by atoms with Gasteiger partial charge in [0.2, 0.25) is 5.95 Å². The van der Waals surface area contributed by atoms with Gasteiger partial charge in [0, 0.05) is 25.0 Å². The van der Waals surface area contributed by atoms with Gasteiger partial charge in [-0.3, -0.25) is 0 Å². The maximum absolute atomic E-state index is 5.57. The van der Waals surface area contributed by atoms with Crippen molar-refractivity contribution in [1.82, 2.24) is 9.97 Å². The number of benzene rings is 1. The molecule has 0 fully saturated rings. The van der Waals surface area contributed by atoms with Gasteiger partial charge in [-0.25, -0.2) is 9.97 Å². The number of ether oxygens (including phenoxy) is 1. The molecule has 2 rings (SSSR count). The van der Waals surface area contributed by atoms with E-state index in [9.17, 15) is 0 Å². The number of hydrogen-bond donors (Lipinski definition) is 1. The zero-order valence-corrected chi connectivity index (χ0v) is 11.5. The van der Waals surface area contributed by atoms with E-state index >= 15 is 0 Å². The zero-order valence-electron chi connectivity index (χ0n) is 10.7. The summed E-state index contributed by atoms with van der Waals surface area (Å²) in [6.07, 6.45) is 1.63. The van der Waals surface area contributed by atoms with Gasteiger partial charge < -0.3 is 15.4 Å². The van der Waals surface area contributed by atoms with E-state index in [-0.39, 0.29) is 4.99 Å². The molecular formula is C13H14N4OS. The maximum atomic E-state index is 5.57. The van der Waals surface area contributed by atoms with E-state index in [4.69, 9.17) is 22.7 Å². The predicted molar refractivity (Wildman–Crippen MR) is 79.0 cm³/mol. The van der Waals surface area contributed by atoms with Crippen LogP contribution >= 0.6 is 12.2 Å². The van der Waals surface area contributed by atoms with Crippen molar-refractivity contribution in [1.29, 1.82) is 0 Å². The normalized spacial score (nSPS) is 10.0. The van der Waals surface area contributed by atoms with Crippen LogP contribution < -0.4 is 15.4 Å².